The first-order chi connectivity index (χ1) is 10.1. The first-order valence-corrected chi connectivity index (χ1v) is 8.30. The SMILES string of the molecule is CC(C)c1ccc(C2C(CNC3CC3)OCCN2C)cc1. The summed E-state index contributed by atoms with van der Waals surface area (Å²) in [6.07, 6.45) is 2.92. The van der Waals surface area contributed by atoms with Crippen LogP contribution in [-0.4, -0.2) is 43.8 Å². The third-order valence-electron chi connectivity index (χ3n) is 4.73. The van der Waals surface area contributed by atoms with Crippen molar-refractivity contribution in [3.63, 3.8) is 0 Å². The molecule has 116 valence electrons. The first-order valence-electron chi connectivity index (χ1n) is 8.30. The number of hydrogen-bond donors (Lipinski definition) is 1. The zero-order valence-corrected chi connectivity index (χ0v) is 13.5. The normalized spacial score (nSPS) is 27.2. The number of benzene rings is 1. The summed E-state index contributed by atoms with van der Waals surface area (Å²) < 4.78 is 6.07. The van der Waals surface area contributed by atoms with Gasteiger partial charge in [-0.15, -0.1) is 0 Å². The lowest BCUT2D eigenvalue weighted by Crippen LogP contribution is -2.47. The summed E-state index contributed by atoms with van der Waals surface area (Å²) >= 11 is 0. The molecule has 1 aromatic carbocycles. The van der Waals surface area contributed by atoms with Crippen LogP contribution in [0.5, 0.6) is 0 Å². The number of ether oxygens (including phenoxy) is 1. The van der Waals surface area contributed by atoms with Crippen molar-refractivity contribution in [3.8, 4) is 0 Å². The number of likely N-dealkylation sites (N-methyl/N-ethyl adjacent to an activating group) is 1. The molecule has 0 radical (unpaired) electrons. The number of rotatable bonds is 5. The van der Waals surface area contributed by atoms with Crippen molar-refractivity contribution >= 4 is 0 Å². The predicted octanol–water partition coefficient (Wildman–Crippen LogP) is 2.93. The van der Waals surface area contributed by atoms with Gasteiger partial charge in [-0.25, -0.2) is 0 Å². The zero-order chi connectivity index (χ0) is 14.8. The van der Waals surface area contributed by atoms with Gasteiger partial charge in [-0.1, -0.05) is 38.1 Å². The van der Waals surface area contributed by atoms with Crippen molar-refractivity contribution in [2.45, 2.75) is 50.8 Å². The topological polar surface area (TPSA) is 24.5 Å². The fourth-order valence-corrected chi connectivity index (χ4v) is 3.15. The van der Waals surface area contributed by atoms with Crippen molar-refractivity contribution in [2.75, 3.05) is 26.7 Å². The fraction of sp³-hybridized carbons (Fsp3) is 0.667. The predicted molar refractivity (Wildman–Crippen MR) is 86.7 cm³/mol. The second-order valence-corrected chi connectivity index (χ2v) is 6.84. The summed E-state index contributed by atoms with van der Waals surface area (Å²) in [5.74, 6) is 0.590. The van der Waals surface area contributed by atoms with Crippen molar-refractivity contribution in [1.29, 1.82) is 0 Å². The highest BCUT2D eigenvalue weighted by Crippen LogP contribution is 2.30. The van der Waals surface area contributed by atoms with E-state index in [9.17, 15) is 0 Å². The van der Waals surface area contributed by atoms with Gasteiger partial charge in [0.15, 0.2) is 0 Å². The number of nitrogens with zero attached hydrogens (tertiary/aromatic N) is 1. The molecule has 2 atom stereocenters. The number of nitrogens with one attached hydrogen (secondary N) is 1. The van der Waals surface area contributed by atoms with Crippen molar-refractivity contribution < 1.29 is 4.74 Å². The summed E-state index contributed by atoms with van der Waals surface area (Å²) in [7, 11) is 2.22. The molecule has 1 saturated heterocycles. The molecule has 0 spiro atoms. The molecule has 0 aromatic heterocycles. The summed E-state index contributed by atoms with van der Waals surface area (Å²) in [5.41, 5.74) is 2.79. The van der Waals surface area contributed by atoms with Gasteiger partial charge < -0.3 is 10.1 Å². The highest BCUT2D eigenvalue weighted by molar-refractivity contribution is 5.28. The molecule has 3 nitrogen and oxygen atoms in total. The molecule has 2 aliphatic rings. The molecule has 1 aliphatic carbocycles. The molecular weight excluding hydrogens is 260 g/mol. The lowest BCUT2D eigenvalue weighted by atomic mass is 9.95. The standard InChI is InChI=1S/C18H28N2O/c1-13(2)14-4-6-15(7-5-14)18-17(12-19-16-8-9-16)21-11-10-20(18)3/h4-7,13,16-19H,8-12H2,1-3H3. The molecule has 1 aliphatic heterocycles. The molecule has 2 fully saturated rings. The largest absolute Gasteiger partial charge is 0.374 e. The fourth-order valence-electron chi connectivity index (χ4n) is 3.15. The molecule has 1 saturated carbocycles. The average Bonchev–Trinajstić information content (AvgIpc) is 3.29. The lowest BCUT2D eigenvalue weighted by molar-refractivity contribution is -0.0615. The van der Waals surface area contributed by atoms with E-state index in [4.69, 9.17) is 4.74 Å². The number of hydrogen-bond acceptors (Lipinski definition) is 3. The second kappa shape index (κ2) is 6.47. The molecule has 0 bridgehead atoms. The van der Waals surface area contributed by atoms with Crippen LogP contribution in [0.3, 0.4) is 0 Å². The second-order valence-electron chi connectivity index (χ2n) is 6.84. The minimum Gasteiger partial charge on any atom is -0.374 e. The summed E-state index contributed by atoms with van der Waals surface area (Å²) in [6.45, 7) is 7.30. The van der Waals surface area contributed by atoms with E-state index in [0.29, 0.717) is 12.0 Å². The van der Waals surface area contributed by atoms with E-state index < -0.39 is 0 Å². The Balaban J connectivity index is 1.73. The van der Waals surface area contributed by atoms with Crippen LogP contribution in [0, 0.1) is 0 Å². The maximum absolute atomic E-state index is 6.07. The molecule has 1 heterocycles. The third kappa shape index (κ3) is 3.65. The molecule has 1 aromatic rings. The van der Waals surface area contributed by atoms with Gasteiger partial charge in [-0.05, 0) is 36.9 Å². The van der Waals surface area contributed by atoms with Crippen molar-refractivity contribution in [1.82, 2.24) is 10.2 Å². The Bertz CT molecular complexity index is 453. The first kappa shape index (κ1) is 15.0. The van der Waals surface area contributed by atoms with E-state index in [2.05, 4.69) is 55.4 Å². The van der Waals surface area contributed by atoms with E-state index in [0.717, 1.165) is 25.7 Å². The van der Waals surface area contributed by atoms with E-state index in [1.165, 1.54) is 24.0 Å². The van der Waals surface area contributed by atoms with Crippen LogP contribution in [0.4, 0.5) is 0 Å². The summed E-state index contributed by atoms with van der Waals surface area (Å²) in [6, 6.07) is 10.2. The average molecular weight is 288 g/mol. The molecule has 21 heavy (non-hydrogen) atoms. The van der Waals surface area contributed by atoms with Crippen molar-refractivity contribution in [2.24, 2.45) is 0 Å². The molecule has 1 N–H and O–H groups in total. The van der Waals surface area contributed by atoms with Gasteiger partial charge in [-0.2, -0.15) is 0 Å². The highest BCUT2D eigenvalue weighted by Gasteiger charge is 2.32. The van der Waals surface area contributed by atoms with Crippen LogP contribution in [0.25, 0.3) is 0 Å². The maximum atomic E-state index is 6.07. The smallest absolute Gasteiger partial charge is 0.0896 e. The Morgan fingerprint density at radius 2 is 1.95 bits per heavy atom. The summed E-state index contributed by atoms with van der Waals surface area (Å²) in [4.78, 5) is 2.44. The van der Waals surface area contributed by atoms with Gasteiger partial charge in [0.05, 0.1) is 18.8 Å². The minimum atomic E-state index is 0.259. The van der Waals surface area contributed by atoms with Crippen LogP contribution in [0.2, 0.25) is 0 Å². The van der Waals surface area contributed by atoms with Gasteiger partial charge in [0, 0.05) is 19.1 Å². The molecule has 2 unspecified atom stereocenters. The Morgan fingerprint density at radius 1 is 1.24 bits per heavy atom. The van der Waals surface area contributed by atoms with Gasteiger partial charge in [0.2, 0.25) is 0 Å². The van der Waals surface area contributed by atoms with Crippen LogP contribution in [0.15, 0.2) is 24.3 Å². The van der Waals surface area contributed by atoms with Crippen LogP contribution < -0.4 is 5.32 Å². The Hall–Kier alpha value is -0.900. The molecule has 0 amide bonds. The minimum absolute atomic E-state index is 0.259. The quantitative estimate of drug-likeness (QED) is 0.901. The Labute approximate surface area is 128 Å². The molecular formula is C18H28N2O. The molecule has 3 heteroatoms. The van der Waals surface area contributed by atoms with Gasteiger partial charge in [0.1, 0.15) is 0 Å². The van der Waals surface area contributed by atoms with E-state index in [-0.39, 0.29) is 6.10 Å². The van der Waals surface area contributed by atoms with E-state index in [1.807, 2.05) is 0 Å². The Morgan fingerprint density at radius 3 is 2.57 bits per heavy atom. The van der Waals surface area contributed by atoms with Crippen molar-refractivity contribution in [3.05, 3.63) is 35.4 Å². The highest BCUT2D eigenvalue weighted by atomic mass is 16.5. The number of morpholine rings is 1. The van der Waals surface area contributed by atoms with Gasteiger partial charge in [-0.3, -0.25) is 4.90 Å². The van der Waals surface area contributed by atoms with Crippen LogP contribution >= 0.6 is 0 Å². The van der Waals surface area contributed by atoms with E-state index in [1.54, 1.807) is 0 Å². The van der Waals surface area contributed by atoms with Crippen LogP contribution in [-0.2, 0) is 4.74 Å². The lowest BCUT2D eigenvalue weighted by Gasteiger charge is -2.39. The van der Waals surface area contributed by atoms with Crippen LogP contribution in [0.1, 0.15) is 49.8 Å². The summed E-state index contributed by atoms with van der Waals surface area (Å²) in [5, 5.41) is 3.62. The van der Waals surface area contributed by atoms with Gasteiger partial charge in [0.25, 0.3) is 0 Å². The maximum Gasteiger partial charge on any atom is 0.0896 e. The monoisotopic (exact) mass is 288 g/mol. The molecule has 3 rings (SSSR count). The van der Waals surface area contributed by atoms with E-state index >= 15 is 0 Å². The third-order valence-corrected chi connectivity index (χ3v) is 4.73. The Kier molecular flexibility index (Phi) is 4.63. The van der Waals surface area contributed by atoms with Gasteiger partial charge >= 0.3 is 0 Å². The zero-order valence-electron chi connectivity index (χ0n) is 13.5.